The molecule has 0 fully saturated rings. The molecular weight excluding hydrogens is 301 g/mol. The van der Waals surface area contributed by atoms with Crippen molar-refractivity contribution in [3.63, 3.8) is 0 Å². The summed E-state index contributed by atoms with van der Waals surface area (Å²) in [6, 6.07) is 8.86. The summed E-state index contributed by atoms with van der Waals surface area (Å²) in [7, 11) is 4.23. The molecule has 1 aromatic heterocycles. The number of hydrogen-bond donors (Lipinski definition) is 0. The minimum absolute atomic E-state index is 0.0677. The van der Waals surface area contributed by atoms with Gasteiger partial charge in [-0.2, -0.15) is 10.2 Å². The molecule has 0 amide bonds. The summed E-state index contributed by atoms with van der Waals surface area (Å²) in [5, 5.41) is 9.02. The SMILES string of the molecule is CC[C@H]1CC[C@](CC)(N(C)C)c2nnc(-c3ccccc3F)cc21. The summed E-state index contributed by atoms with van der Waals surface area (Å²) < 4.78 is 14.2. The predicted molar refractivity (Wildman–Crippen MR) is 95.3 cm³/mol. The average molecular weight is 327 g/mol. The van der Waals surface area contributed by atoms with E-state index >= 15 is 0 Å². The molecule has 1 aliphatic carbocycles. The van der Waals surface area contributed by atoms with Crippen molar-refractivity contribution in [3.05, 3.63) is 47.4 Å². The highest BCUT2D eigenvalue weighted by Gasteiger charge is 2.42. The van der Waals surface area contributed by atoms with Gasteiger partial charge >= 0.3 is 0 Å². The van der Waals surface area contributed by atoms with Crippen molar-refractivity contribution in [3.8, 4) is 11.3 Å². The van der Waals surface area contributed by atoms with Crippen molar-refractivity contribution in [2.75, 3.05) is 14.1 Å². The molecule has 1 aromatic carbocycles. The molecule has 0 aliphatic heterocycles. The number of rotatable bonds is 4. The molecule has 4 heteroatoms. The average Bonchev–Trinajstić information content (AvgIpc) is 2.60. The maximum absolute atomic E-state index is 14.2. The molecule has 0 bridgehead atoms. The third-order valence-corrected chi connectivity index (χ3v) is 5.69. The fourth-order valence-corrected chi connectivity index (χ4v) is 4.09. The standard InChI is InChI=1S/C20H26FN3/c1-5-14-11-12-20(6-2,24(3)4)19-16(14)13-18(22-23-19)15-9-7-8-10-17(15)21/h7-10,13-14H,5-6,11-12H2,1-4H3/t14-,20-/m0/s1. The van der Waals surface area contributed by atoms with Crippen LogP contribution in [0.25, 0.3) is 11.3 Å². The first-order valence-electron chi connectivity index (χ1n) is 8.84. The quantitative estimate of drug-likeness (QED) is 0.812. The van der Waals surface area contributed by atoms with Crippen LogP contribution in [0, 0.1) is 5.82 Å². The Labute approximate surface area is 143 Å². The Morgan fingerprint density at radius 3 is 2.58 bits per heavy atom. The van der Waals surface area contributed by atoms with Gasteiger partial charge in [0.05, 0.1) is 16.9 Å². The molecule has 0 saturated carbocycles. The predicted octanol–water partition coefficient (Wildman–Crippen LogP) is 4.74. The van der Waals surface area contributed by atoms with Crippen molar-refractivity contribution in [1.29, 1.82) is 0 Å². The lowest BCUT2D eigenvalue weighted by Gasteiger charge is -2.44. The van der Waals surface area contributed by atoms with Crippen LogP contribution in [0.3, 0.4) is 0 Å². The number of benzene rings is 1. The smallest absolute Gasteiger partial charge is 0.132 e. The van der Waals surface area contributed by atoms with Gasteiger partial charge in [-0.05, 0) is 69.5 Å². The highest BCUT2D eigenvalue weighted by atomic mass is 19.1. The summed E-state index contributed by atoms with van der Waals surface area (Å²) >= 11 is 0. The Kier molecular flexibility index (Phi) is 4.68. The molecule has 24 heavy (non-hydrogen) atoms. The van der Waals surface area contributed by atoms with Crippen molar-refractivity contribution in [2.45, 2.75) is 51.0 Å². The molecule has 0 spiro atoms. The summed E-state index contributed by atoms with van der Waals surface area (Å²) in [5.74, 6) is 0.227. The zero-order chi connectivity index (χ0) is 17.3. The van der Waals surface area contributed by atoms with Crippen LogP contribution in [0.2, 0.25) is 0 Å². The summed E-state index contributed by atoms with van der Waals surface area (Å²) in [6.45, 7) is 4.43. The van der Waals surface area contributed by atoms with Gasteiger partial charge < -0.3 is 0 Å². The zero-order valence-electron chi connectivity index (χ0n) is 15.0. The van der Waals surface area contributed by atoms with Gasteiger partial charge in [-0.1, -0.05) is 26.0 Å². The topological polar surface area (TPSA) is 29.0 Å². The second-order valence-corrected chi connectivity index (χ2v) is 6.94. The van der Waals surface area contributed by atoms with Crippen LogP contribution >= 0.6 is 0 Å². The van der Waals surface area contributed by atoms with Crippen molar-refractivity contribution in [2.24, 2.45) is 0 Å². The Balaban J connectivity index is 2.17. The summed E-state index contributed by atoms with van der Waals surface area (Å²) in [5.41, 5.74) is 3.42. The maximum Gasteiger partial charge on any atom is 0.132 e. The number of hydrogen-bond acceptors (Lipinski definition) is 3. The van der Waals surface area contributed by atoms with Crippen LogP contribution in [0.15, 0.2) is 30.3 Å². The van der Waals surface area contributed by atoms with Gasteiger partial charge in [0.15, 0.2) is 0 Å². The number of nitrogens with zero attached hydrogens (tertiary/aromatic N) is 3. The van der Waals surface area contributed by atoms with Crippen LogP contribution in [-0.2, 0) is 5.54 Å². The molecule has 1 aliphatic rings. The number of aromatic nitrogens is 2. The van der Waals surface area contributed by atoms with Crippen molar-refractivity contribution >= 4 is 0 Å². The van der Waals surface area contributed by atoms with Gasteiger partial charge in [0.25, 0.3) is 0 Å². The van der Waals surface area contributed by atoms with E-state index in [0.29, 0.717) is 17.2 Å². The van der Waals surface area contributed by atoms with Gasteiger partial charge in [-0.15, -0.1) is 0 Å². The highest BCUT2D eigenvalue weighted by molar-refractivity contribution is 5.61. The Morgan fingerprint density at radius 1 is 1.21 bits per heavy atom. The van der Waals surface area contributed by atoms with E-state index in [9.17, 15) is 4.39 Å². The van der Waals surface area contributed by atoms with E-state index in [1.54, 1.807) is 12.1 Å². The van der Waals surface area contributed by atoms with Crippen LogP contribution in [0.4, 0.5) is 4.39 Å². The maximum atomic E-state index is 14.2. The molecule has 3 nitrogen and oxygen atoms in total. The van der Waals surface area contributed by atoms with E-state index in [4.69, 9.17) is 0 Å². The molecule has 2 aromatic rings. The monoisotopic (exact) mass is 327 g/mol. The molecule has 128 valence electrons. The first-order chi connectivity index (χ1) is 11.5. The Hall–Kier alpha value is -1.81. The fourth-order valence-electron chi connectivity index (χ4n) is 4.09. The van der Waals surface area contributed by atoms with E-state index < -0.39 is 0 Å². The van der Waals surface area contributed by atoms with Crippen LogP contribution < -0.4 is 0 Å². The van der Waals surface area contributed by atoms with Crippen LogP contribution in [-0.4, -0.2) is 29.2 Å². The van der Waals surface area contributed by atoms with Gasteiger partial charge in [0.1, 0.15) is 5.82 Å². The molecule has 1 heterocycles. The second-order valence-electron chi connectivity index (χ2n) is 6.94. The minimum Gasteiger partial charge on any atom is -0.298 e. The van der Waals surface area contributed by atoms with Gasteiger partial charge in [0, 0.05) is 5.56 Å². The molecular formula is C20H26FN3. The lowest BCUT2D eigenvalue weighted by molar-refractivity contribution is 0.107. The van der Waals surface area contributed by atoms with E-state index in [-0.39, 0.29) is 11.4 Å². The van der Waals surface area contributed by atoms with Crippen molar-refractivity contribution < 1.29 is 4.39 Å². The van der Waals surface area contributed by atoms with Gasteiger partial charge in [-0.3, -0.25) is 4.90 Å². The first kappa shape index (κ1) is 17.0. The Morgan fingerprint density at radius 2 is 1.96 bits per heavy atom. The molecule has 0 radical (unpaired) electrons. The van der Waals surface area contributed by atoms with Crippen LogP contribution in [0.1, 0.15) is 56.7 Å². The van der Waals surface area contributed by atoms with Crippen LogP contribution in [0.5, 0.6) is 0 Å². The molecule has 2 atom stereocenters. The lowest BCUT2D eigenvalue weighted by atomic mass is 9.72. The van der Waals surface area contributed by atoms with E-state index in [0.717, 1.165) is 31.4 Å². The lowest BCUT2D eigenvalue weighted by Crippen LogP contribution is -2.45. The first-order valence-corrected chi connectivity index (χ1v) is 8.84. The molecule has 0 saturated heterocycles. The van der Waals surface area contributed by atoms with Gasteiger partial charge in [0.2, 0.25) is 0 Å². The van der Waals surface area contributed by atoms with E-state index in [2.05, 4.69) is 49.1 Å². The third kappa shape index (κ3) is 2.63. The fraction of sp³-hybridized carbons (Fsp3) is 0.500. The number of fused-ring (bicyclic) bond motifs is 1. The second kappa shape index (κ2) is 6.60. The van der Waals surface area contributed by atoms with Gasteiger partial charge in [-0.25, -0.2) is 4.39 Å². The molecule has 3 rings (SSSR count). The zero-order valence-corrected chi connectivity index (χ0v) is 15.0. The van der Waals surface area contributed by atoms with E-state index in [1.165, 1.54) is 11.6 Å². The minimum atomic E-state index is -0.245. The third-order valence-electron chi connectivity index (χ3n) is 5.69. The van der Waals surface area contributed by atoms with E-state index in [1.807, 2.05) is 6.07 Å². The largest absolute Gasteiger partial charge is 0.298 e. The molecule has 0 unspecified atom stereocenters. The highest BCUT2D eigenvalue weighted by Crippen LogP contribution is 2.46. The number of halogens is 1. The Bertz CT molecular complexity index is 729. The summed E-state index contributed by atoms with van der Waals surface area (Å²) in [6.07, 6.45) is 4.30. The molecule has 0 N–H and O–H groups in total. The van der Waals surface area contributed by atoms with Crippen molar-refractivity contribution in [1.82, 2.24) is 15.1 Å². The normalized spacial score (nSPS) is 23.3. The summed E-state index contributed by atoms with van der Waals surface area (Å²) in [4.78, 5) is 2.27.